The quantitative estimate of drug-likeness (QED) is 0.189. The topological polar surface area (TPSA) is 94.9 Å². The molecule has 0 aliphatic heterocycles. The number of amides is 1. The Labute approximate surface area is 199 Å². The van der Waals surface area contributed by atoms with Crippen LogP contribution in [-0.2, 0) is 14.4 Å². The molecule has 0 aliphatic rings. The first kappa shape index (κ1) is 30.3. The monoisotopic (exact) mass is 421 g/mol. The number of aliphatic carboxylic acids is 2. The van der Waals surface area contributed by atoms with E-state index in [0.29, 0.717) is 6.42 Å². The number of carboxylic acid groups (broad SMARTS) is 2. The van der Waals surface area contributed by atoms with Crippen LogP contribution in [0.2, 0.25) is 0 Å². The maximum atomic E-state index is 11.9. The normalized spacial score (nSPS) is 10.7. The zero-order valence-corrected chi connectivity index (χ0v) is 20.5. The Hall–Kier alpha value is -0.850. The number of carbonyl (C=O) groups excluding carboxylic acids is 1. The van der Waals surface area contributed by atoms with E-state index in [0.717, 1.165) is 37.0 Å². The summed E-state index contributed by atoms with van der Waals surface area (Å²) in [5.74, 6) is -2.79. The first-order chi connectivity index (χ1) is 13.5. The Kier molecular flexibility index (Phi) is 22.9. The predicted molar refractivity (Wildman–Crippen MR) is 112 cm³/mol. The average Bonchev–Trinajstić information content (AvgIpc) is 2.63. The molecule has 0 spiro atoms. The first-order valence-corrected chi connectivity index (χ1v) is 10.8. The minimum absolute atomic E-state index is 0. The minimum atomic E-state index is -1.20. The zero-order valence-electron chi connectivity index (χ0n) is 19.5. The van der Waals surface area contributed by atoms with Crippen molar-refractivity contribution in [2.75, 3.05) is 13.1 Å². The van der Waals surface area contributed by atoms with Gasteiger partial charge >= 0.3 is 41.5 Å². The number of nitrogens with zero attached hydrogens (tertiary/aromatic N) is 1. The fourth-order valence-corrected chi connectivity index (χ4v) is 3.06. The van der Waals surface area contributed by atoms with Crippen molar-refractivity contribution >= 4 is 17.8 Å². The molecule has 1 amide bonds. The molecule has 0 unspecified atom stereocenters. The van der Waals surface area contributed by atoms with Gasteiger partial charge in [-0.2, -0.15) is 0 Å². The van der Waals surface area contributed by atoms with E-state index in [2.05, 4.69) is 19.1 Å². The zero-order chi connectivity index (χ0) is 21.0. The number of carbonyl (C=O) groups is 3. The van der Waals surface area contributed by atoms with Gasteiger partial charge in [-0.05, 0) is 32.1 Å². The second-order valence-electron chi connectivity index (χ2n) is 7.37. The molecule has 0 aromatic rings. The number of unbranched alkanes of at least 4 members (excludes halogenated alkanes) is 11. The second-order valence-corrected chi connectivity index (χ2v) is 7.37. The number of carboxylic acids is 2. The van der Waals surface area contributed by atoms with Gasteiger partial charge in [-0.1, -0.05) is 70.4 Å². The van der Waals surface area contributed by atoms with Gasteiger partial charge in [-0.3, -0.25) is 14.4 Å². The summed E-state index contributed by atoms with van der Waals surface area (Å²) in [6, 6.07) is 0. The molecule has 7 heteroatoms. The van der Waals surface area contributed by atoms with Crippen LogP contribution < -0.4 is 29.6 Å². The second kappa shape index (κ2) is 21.8. The third-order valence-electron chi connectivity index (χ3n) is 4.66. The number of allylic oxidation sites excluding steroid dienone is 2. The summed E-state index contributed by atoms with van der Waals surface area (Å²) in [7, 11) is 0. The van der Waals surface area contributed by atoms with Gasteiger partial charge in [0.25, 0.3) is 0 Å². The molecular formula is C22H40NNaO5. The molecule has 2 N–H and O–H groups in total. The molecule has 0 fully saturated rings. The van der Waals surface area contributed by atoms with Crippen molar-refractivity contribution in [3.63, 3.8) is 0 Å². The fraction of sp³-hybridized carbons (Fsp3) is 0.773. The van der Waals surface area contributed by atoms with Gasteiger partial charge in [-0.15, -0.1) is 0 Å². The molecule has 0 rings (SSSR count). The Morgan fingerprint density at radius 2 is 1.14 bits per heavy atom. The van der Waals surface area contributed by atoms with E-state index in [1.54, 1.807) is 0 Å². The van der Waals surface area contributed by atoms with Crippen LogP contribution >= 0.6 is 0 Å². The SMILES string of the molecule is CCCCCCCC/C=C\CCCCCCCC(=O)N(CC(=O)O)CC(=O)O.[H-].[Na+]. The van der Waals surface area contributed by atoms with Crippen molar-refractivity contribution in [3.8, 4) is 0 Å². The smallest absolute Gasteiger partial charge is 1.00 e. The van der Waals surface area contributed by atoms with Crippen molar-refractivity contribution in [1.82, 2.24) is 4.90 Å². The van der Waals surface area contributed by atoms with Gasteiger partial charge < -0.3 is 16.5 Å². The van der Waals surface area contributed by atoms with Gasteiger partial charge in [0.2, 0.25) is 5.91 Å². The molecule has 0 atom stereocenters. The Bertz CT molecular complexity index is 458. The van der Waals surface area contributed by atoms with Crippen molar-refractivity contribution in [1.29, 1.82) is 0 Å². The third-order valence-corrected chi connectivity index (χ3v) is 4.66. The standard InChI is InChI=1S/C22H39NO5.Na.H/c1-2-3-4-5-6-7-8-9-10-11-12-13-14-15-16-17-20(24)23(18-21(25)26)19-22(27)28;;/h9-10H,2-8,11-19H2,1H3,(H,25,26)(H,27,28);;/q;+1;-1/b10-9-;;. The maximum absolute atomic E-state index is 11.9. The molecule has 164 valence electrons. The van der Waals surface area contributed by atoms with E-state index >= 15 is 0 Å². The molecule has 0 bridgehead atoms. The summed E-state index contributed by atoms with van der Waals surface area (Å²) in [6.07, 6.45) is 19.9. The fourth-order valence-electron chi connectivity index (χ4n) is 3.06. The predicted octanol–water partition coefficient (Wildman–Crippen LogP) is 2.14. The molecule has 0 aliphatic carbocycles. The largest absolute Gasteiger partial charge is 1.00 e. The summed E-state index contributed by atoms with van der Waals surface area (Å²) in [5.41, 5.74) is 0. The Balaban J connectivity index is -0.00000364. The van der Waals surface area contributed by atoms with Crippen LogP contribution in [0, 0.1) is 0 Å². The van der Waals surface area contributed by atoms with Crippen LogP contribution in [0.3, 0.4) is 0 Å². The van der Waals surface area contributed by atoms with E-state index in [9.17, 15) is 14.4 Å². The summed E-state index contributed by atoms with van der Waals surface area (Å²) < 4.78 is 0. The van der Waals surface area contributed by atoms with Crippen LogP contribution in [-0.4, -0.2) is 46.0 Å². The van der Waals surface area contributed by atoms with Crippen LogP contribution in [0.4, 0.5) is 0 Å². The third kappa shape index (κ3) is 21.7. The summed E-state index contributed by atoms with van der Waals surface area (Å²) in [4.78, 5) is 34.3. The number of hydrogen-bond acceptors (Lipinski definition) is 3. The Morgan fingerprint density at radius 1 is 0.724 bits per heavy atom. The van der Waals surface area contributed by atoms with Gasteiger partial charge in [0.1, 0.15) is 13.1 Å². The van der Waals surface area contributed by atoms with Gasteiger partial charge in [-0.25, -0.2) is 0 Å². The van der Waals surface area contributed by atoms with Crippen LogP contribution in [0.5, 0.6) is 0 Å². The van der Waals surface area contributed by atoms with Crippen LogP contribution in [0.15, 0.2) is 12.2 Å². The van der Waals surface area contributed by atoms with Crippen molar-refractivity contribution in [2.45, 2.75) is 96.8 Å². The van der Waals surface area contributed by atoms with E-state index in [1.165, 1.54) is 44.9 Å². The molecule has 0 saturated carbocycles. The molecule has 0 heterocycles. The van der Waals surface area contributed by atoms with Gasteiger partial charge in [0.15, 0.2) is 0 Å². The van der Waals surface area contributed by atoms with Gasteiger partial charge in [0.05, 0.1) is 0 Å². The first-order valence-electron chi connectivity index (χ1n) is 10.8. The van der Waals surface area contributed by atoms with Crippen molar-refractivity contribution in [3.05, 3.63) is 12.2 Å². The number of rotatable bonds is 19. The molecule has 0 saturated heterocycles. The Morgan fingerprint density at radius 3 is 1.59 bits per heavy atom. The maximum Gasteiger partial charge on any atom is 1.00 e. The molecule has 0 aromatic carbocycles. The summed E-state index contributed by atoms with van der Waals surface area (Å²) in [6.45, 7) is 1.12. The summed E-state index contributed by atoms with van der Waals surface area (Å²) >= 11 is 0. The number of hydrogen-bond donors (Lipinski definition) is 2. The molecule has 0 radical (unpaired) electrons. The van der Waals surface area contributed by atoms with E-state index in [1.807, 2.05) is 0 Å². The van der Waals surface area contributed by atoms with E-state index in [4.69, 9.17) is 10.2 Å². The molecule has 29 heavy (non-hydrogen) atoms. The molecule has 0 aromatic heterocycles. The van der Waals surface area contributed by atoms with E-state index < -0.39 is 30.9 Å². The molecular weight excluding hydrogens is 381 g/mol. The van der Waals surface area contributed by atoms with Crippen molar-refractivity contribution < 1.29 is 55.6 Å². The summed E-state index contributed by atoms with van der Waals surface area (Å²) in [5, 5.41) is 17.5. The minimum Gasteiger partial charge on any atom is -1.00 e. The van der Waals surface area contributed by atoms with Gasteiger partial charge in [0, 0.05) is 6.42 Å². The van der Waals surface area contributed by atoms with Crippen LogP contribution in [0.25, 0.3) is 0 Å². The average molecular weight is 422 g/mol. The van der Waals surface area contributed by atoms with Crippen LogP contribution in [0.1, 0.15) is 98.2 Å². The molecule has 6 nitrogen and oxygen atoms in total. The van der Waals surface area contributed by atoms with E-state index in [-0.39, 0.29) is 37.4 Å². The van der Waals surface area contributed by atoms with Crippen molar-refractivity contribution in [2.24, 2.45) is 0 Å².